The van der Waals surface area contributed by atoms with Gasteiger partial charge in [-0.2, -0.15) is 0 Å². The molecule has 1 aromatic heterocycles. The molecule has 118 valence electrons. The predicted molar refractivity (Wildman–Crippen MR) is 90.2 cm³/mol. The number of rotatable bonds is 4. The first-order valence-corrected chi connectivity index (χ1v) is 8.63. The van der Waals surface area contributed by atoms with Gasteiger partial charge in [0, 0.05) is 15.9 Å². The van der Waals surface area contributed by atoms with Gasteiger partial charge in [-0.25, -0.2) is 9.18 Å². The van der Waals surface area contributed by atoms with Gasteiger partial charge in [-0.15, -0.1) is 11.8 Å². The molecule has 0 saturated heterocycles. The van der Waals surface area contributed by atoms with Crippen LogP contribution < -0.4 is 10.0 Å². The molecule has 0 fully saturated rings. The van der Waals surface area contributed by atoms with E-state index in [0.29, 0.717) is 5.39 Å². The van der Waals surface area contributed by atoms with E-state index in [1.807, 2.05) is 30.5 Å². The molecule has 2 amide bonds. The molecule has 0 atom stereocenters. The van der Waals surface area contributed by atoms with Crippen molar-refractivity contribution in [1.82, 2.24) is 9.88 Å². The van der Waals surface area contributed by atoms with Gasteiger partial charge in [-0.05, 0) is 42.5 Å². The zero-order valence-corrected chi connectivity index (χ0v) is 13.6. The number of urea groups is 1. The van der Waals surface area contributed by atoms with Crippen LogP contribution in [0.3, 0.4) is 0 Å². The second-order valence-corrected chi connectivity index (χ2v) is 6.18. The lowest BCUT2D eigenvalue weighted by atomic mass is 10.2. The monoisotopic (exact) mass is 349 g/mol. The van der Waals surface area contributed by atoms with Gasteiger partial charge in [-0.1, -0.05) is 17.3 Å². The van der Waals surface area contributed by atoms with E-state index < -0.39 is 11.8 Å². The summed E-state index contributed by atoms with van der Waals surface area (Å²) in [7, 11) is 0. The van der Waals surface area contributed by atoms with Gasteiger partial charge in [0.15, 0.2) is 11.4 Å². The van der Waals surface area contributed by atoms with Crippen molar-refractivity contribution in [3.8, 4) is 0 Å². The van der Waals surface area contributed by atoms with Gasteiger partial charge < -0.3 is 4.52 Å². The zero-order chi connectivity index (χ0) is 16.2. The number of thioether (sulfide) groups is 1. The number of carbonyl (C=O) groups is 1. The molecule has 1 heterocycles. The van der Waals surface area contributed by atoms with E-state index in [2.05, 4.69) is 15.2 Å². The van der Waals surface area contributed by atoms with Gasteiger partial charge in [0.25, 0.3) is 0 Å². The van der Waals surface area contributed by atoms with Crippen molar-refractivity contribution in [3.63, 3.8) is 0 Å². The first-order valence-electron chi connectivity index (χ1n) is 6.59. The number of nitrogens with zero attached hydrogens (tertiary/aromatic N) is 1. The number of amides is 2. The summed E-state index contributed by atoms with van der Waals surface area (Å²) in [5.41, 5.74) is 0.278. The van der Waals surface area contributed by atoms with Crippen molar-refractivity contribution in [2.75, 3.05) is 11.6 Å². The summed E-state index contributed by atoms with van der Waals surface area (Å²) < 4.78 is 20.8. The van der Waals surface area contributed by atoms with Crippen LogP contribution in [0.1, 0.15) is 0 Å². The van der Waals surface area contributed by atoms with Gasteiger partial charge in [-0.3, -0.25) is 10.0 Å². The van der Waals surface area contributed by atoms with Gasteiger partial charge in [0.2, 0.25) is 0 Å². The Balaban J connectivity index is 1.67. The third-order valence-corrected chi connectivity index (χ3v) is 4.78. The molecule has 23 heavy (non-hydrogen) atoms. The van der Waals surface area contributed by atoms with E-state index in [4.69, 9.17) is 4.52 Å². The minimum atomic E-state index is -0.439. The predicted octanol–water partition coefficient (Wildman–Crippen LogP) is 4.52. The average Bonchev–Trinajstić information content (AvgIpc) is 2.95. The molecular weight excluding hydrogens is 337 g/mol. The zero-order valence-electron chi connectivity index (χ0n) is 12.0. The summed E-state index contributed by atoms with van der Waals surface area (Å²) in [4.78, 5) is 14.0. The first kappa shape index (κ1) is 15.7. The lowest BCUT2D eigenvalue weighted by Gasteiger charge is -2.07. The molecule has 0 unspecified atom stereocenters. The Hall–Kier alpha value is -2.19. The average molecular weight is 349 g/mol. The van der Waals surface area contributed by atoms with Crippen molar-refractivity contribution in [3.05, 3.63) is 48.3 Å². The second kappa shape index (κ2) is 6.93. The third kappa shape index (κ3) is 3.59. The van der Waals surface area contributed by atoms with E-state index in [1.165, 1.54) is 30.1 Å². The molecule has 5 nitrogen and oxygen atoms in total. The maximum Gasteiger partial charge on any atom is 0.330 e. The summed E-state index contributed by atoms with van der Waals surface area (Å²) in [5.74, 6) is -0.176. The Morgan fingerprint density at radius 2 is 2.00 bits per heavy atom. The van der Waals surface area contributed by atoms with Gasteiger partial charge >= 0.3 is 6.03 Å². The number of anilines is 1. The highest BCUT2D eigenvalue weighted by molar-refractivity contribution is 8.01. The van der Waals surface area contributed by atoms with Gasteiger partial charge in [0.1, 0.15) is 5.82 Å². The summed E-state index contributed by atoms with van der Waals surface area (Å²) in [6.07, 6.45) is 1.97. The summed E-state index contributed by atoms with van der Waals surface area (Å²) in [6.45, 7) is 0. The fourth-order valence-corrected chi connectivity index (χ4v) is 3.37. The van der Waals surface area contributed by atoms with Crippen LogP contribution in [0.4, 0.5) is 15.0 Å². The molecule has 2 aromatic carbocycles. The Labute approximate surface area is 140 Å². The summed E-state index contributed by atoms with van der Waals surface area (Å²) >= 11 is 2.81. The van der Waals surface area contributed by atoms with E-state index in [1.54, 1.807) is 11.8 Å². The molecule has 3 rings (SSSR count). The number of hydrogen-bond acceptors (Lipinski definition) is 5. The number of aromatic nitrogens is 1. The van der Waals surface area contributed by atoms with Crippen molar-refractivity contribution >= 4 is 46.5 Å². The molecule has 3 aromatic rings. The van der Waals surface area contributed by atoms with Crippen molar-refractivity contribution in [1.29, 1.82) is 0 Å². The van der Waals surface area contributed by atoms with Gasteiger partial charge in [0.05, 0.1) is 5.39 Å². The number of carbonyl (C=O) groups excluding carboxylic acids is 1. The quantitative estimate of drug-likeness (QED) is 0.535. The fraction of sp³-hybridized carbons (Fsp3) is 0.0667. The first-order chi connectivity index (χ1) is 11.2. The highest BCUT2D eigenvalue weighted by Gasteiger charge is 2.12. The van der Waals surface area contributed by atoms with Crippen LogP contribution in [-0.2, 0) is 0 Å². The van der Waals surface area contributed by atoms with Crippen LogP contribution in [-0.4, -0.2) is 17.4 Å². The van der Waals surface area contributed by atoms with E-state index in [-0.39, 0.29) is 11.4 Å². The standard InChI is InChI=1S/C15H12FN3O2S2/c1-22-12-4-2-3-5-13(12)23-19-15(20)17-14-10-7-6-9(16)8-11(10)21-18-14/h2-8H,1H3,(H2,17,18,19,20). The molecule has 0 radical (unpaired) electrons. The molecule has 2 N–H and O–H groups in total. The maximum atomic E-state index is 13.1. The number of benzene rings is 2. The lowest BCUT2D eigenvalue weighted by Crippen LogP contribution is -2.23. The van der Waals surface area contributed by atoms with Crippen LogP contribution >= 0.6 is 23.7 Å². The normalized spacial score (nSPS) is 10.7. The Morgan fingerprint density at radius 3 is 2.78 bits per heavy atom. The SMILES string of the molecule is CSc1ccccc1SNC(=O)Nc1noc2cc(F)ccc12. The van der Waals surface area contributed by atoms with E-state index in [0.717, 1.165) is 9.79 Å². The largest absolute Gasteiger partial charge is 0.354 e. The van der Waals surface area contributed by atoms with E-state index in [9.17, 15) is 9.18 Å². The summed E-state index contributed by atoms with van der Waals surface area (Å²) in [6, 6.07) is 11.3. The molecule has 0 saturated carbocycles. The highest BCUT2D eigenvalue weighted by atomic mass is 32.2. The van der Waals surface area contributed by atoms with Crippen molar-refractivity contribution in [2.45, 2.75) is 9.79 Å². The molecule has 0 aliphatic carbocycles. The molecule has 0 bridgehead atoms. The minimum absolute atomic E-state index is 0.247. The Morgan fingerprint density at radius 1 is 1.22 bits per heavy atom. The van der Waals surface area contributed by atoms with Crippen LogP contribution in [0.2, 0.25) is 0 Å². The summed E-state index contributed by atoms with van der Waals surface area (Å²) in [5, 5.41) is 6.86. The smallest absolute Gasteiger partial charge is 0.330 e. The Bertz CT molecular complexity index is 854. The number of fused-ring (bicyclic) bond motifs is 1. The molecule has 0 spiro atoms. The Kier molecular flexibility index (Phi) is 4.73. The molecule has 8 heteroatoms. The van der Waals surface area contributed by atoms with Crippen molar-refractivity contribution in [2.24, 2.45) is 0 Å². The van der Waals surface area contributed by atoms with E-state index >= 15 is 0 Å². The number of nitrogens with one attached hydrogen (secondary N) is 2. The number of hydrogen-bond donors (Lipinski definition) is 2. The van der Waals surface area contributed by atoms with Crippen LogP contribution in [0.5, 0.6) is 0 Å². The fourth-order valence-electron chi connectivity index (χ4n) is 1.94. The van der Waals surface area contributed by atoms with Crippen LogP contribution in [0.15, 0.2) is 56.8 Å². The maximum absolute atomic E-state index is 13.1. The molecular formula is C15H12FN3O2S2. The van der Waals surface area contributed by atoms with Crippen LogP contribution in [0.25, 0.3) is 11.0 Å². The minimum Gasteiger partial charge on any atom is -0.354 e. The highest BCUT2D eigenvalue weighted by Crippen LogP contribution is 2.28. The molecule has 0 aliphatic heterocycles. The van der Waals surface area contributed by atoms with Crippen molar-refractivity contribution < 1.29 is 13.7 Å². The molecule has 0 aliphatic rings. The topological polar surface area (TPSA) is 67.2 Å². The third-order valence-electron chi connectivity index (χ3n) is 2.99. The number of halogens is 1. The van der Waals surface area contributed by atoms with Crippen LogP contribution in [0, 0.1) is 5.82 Å². The lowest BCUT2D eigenvalue weighted by molar-refractivity contribution is 0.257. The second-order valence-electron chi connectivity index (χ2n) is 4.48.